The van der Waals surface area contributed by atoms with Crippen molar-refractivity contribution in [2.24, 2.45) is 0 Å². The van der Waals surface area contributed by atoms with E-state index in [0.29, 0.717) is 22.7 Å². The lowest BCUT2D eigenvalue weighted by atomic mass is 10.1. The highest BCUT2D eigenvalue weighted by atomic mass is 32.3. The van der Waals surface area contributed by atoms with Crippen LogP contribution in [0.3, 0.4) is 0 Å². The monoisotopic (exact) mass is 507 g/mol. The van der Waals surface area contributed by atoms with Gasteiger partial charge in [-0.25, -0.2) is 9.97 Å². The summed E-state index contributed by atoms with van der Waals surface area (Å²) >= 11 is 3.04. The molecule has 0 radical (unpaired) electrons. The molecule has 0 aliphatic carbocycles. The second-order valence-electron chi connectivity index (χ2n) is 9.38. The van der Waals surface area contributed by atoms with Gasteiger partial charge in [-0.1, -0.05) is 47.6 Å². The summed E-state index contributed by atoms with van der Waals surface area (Å²) < 4.78 is 13.1. The van der Waals surface area contributed by atoms with Crippen LogP contribution in [0.1, 0.15) is 57.8 Å². The largest absolute Gasteiger partial charge is 0.449 e. The molecule has 0 fully saturated rings. The number of hydrogen-bond acceptors (Lipinski definition) is 7. The summed E-state index contributed by atoms with van der Waals surface area (Å²) in [6, 6.07) is 7.76. The number of oxazole rings is 1. The van der Waals surface area contributed by atoms with Crippen LogP contribution in [0.25, 0.3) is 0 Å². The SMILES string of the molecule is CC(C)c1cnc(CSc2cnc(NC(=O)Cc3ccc(OS(C)(C)C(C)(C)C)cc3)s2)o1. The first kappa shape index (κ1) is 25.6. The van der Waals surface area contributed by atoms with Crippen molar-refractivity contribution in [2.45, 2.75) is 61.7 Å². The molecule has 1 N–H and O–H groups in total. The summed E-state index contributed by atoms with van der Waals surface area (Å²) in [5.74, 6) is 3.28. The predicted octanol–water partition coefficient (Wildman–Crippen LogP) is 6.88. The van der Waals surface area contributed by atoms with Gasteiger partial charge in [-0.3, -0.25) is 4.79 Å². The number of carbonyl (C=O) groups is 1. The Labute approximate surface area is 206 Å². The van der Waals surface area contributed by atoms with Gasteiger partial charge in [-0.15, -0.1) is 11.8 Å². The van der Waals surface area contributed by atoms with Crippen LogP contribution in [0, 0.1) is 0 Å². The summed E-state index contributed by atoms with van der Waals surface area (Å²) in [7, 11) is -1.25. The maximum absolute atomic E-state index is 12.5. The van der Waals surface area contributed by atoms with Crippen LogP contribution in [-0.2, 0) is 17.0 Å². The maximum Gasteiger partial charge on any atom is 0.230 e. The molecule has 0 saturated carbocycles. The Kier molecular flexibility index (Phi) is 8.18. The standard InChI is InChI=1S/C24H33N3O3S3/c1-16(2)19-13-25-21(29-19)15-31-22-14-26-23(32-22)27-20(28)12-17-8-10-18(11-9-17)30-33(6,7)24(3,4)5/h8-11,13-14,16H,12,15H2,1-7H3,(H,26,27,28). The van der Waals surface area contributed by atoms with Crippen molar-refractivity contribution in [3.63, 3.8) is 0 Å². The first-order chi connectivity index (χ1) is 15.4. The summed E-state index contributed by atoms with van der Waals surface area (Å²) in [5, 5.41) is 3.48. The van der Waals surface area contributed by atoms with Gasteiger partial charge in [-0.2, -0.15) is 0 Å². The molecule has 0 atom stereocenters. The van der Waals surface area contributed by atoms with Gasteiger partial charge < -0.3 is 13.9 Å². The number of nitrogens with one attached hydrogen (secondary N) is 1. The van der Waals surface area contributed by atoms with Gasteiger partial charge in [0, 0.05) is 10.7 Å². The third-order valence-electron chi connectivity index (χ3n) is 5.28. The van der Waals surface area contributed by atoms with E-state index in [1.165, 1.54) is 11.3 Å². The van der Waals surface area contributed by atoms with Crippen molar-refractivity contribution in [2.75, 3.05) is 17.8 Å². The Morgan fingerprint density at radius 1 is 1.18 bits per heavy atom. The Morgan fingerprint density at radius 2 is 1.88 bits per heavy atom. The highest BCUT2D eigenvalue weighted by Gasteiger charge is 2.30. The average Bonchev–Trinajstić information content (AvgIpc) is 3.36. The van der Waals surface area contributed by atoms with Crippen LogP contribution in [0.4, 0.5) is 5.13 Å². The first-order valence-electron chi connectivity index (χ1n) is 10.8. The number of carbonyl (C=O) groups excluding carboxylic acids is 1. The molecule has 180 valence electrons. The predicted molar refractivity (Wildman–Crippen MR) is 141 cm³/mol. The fourth-order valence-corrected chi connectivity index (χ4v) is 5.14. The minimum Gasteiger partial charge on any atom is -0.449 e. The Morgan fingerprint density at radius 3 is 2.48 bits per heavy atom. The number of benzene rings is 1. The summed E-state index contributed by atoms with van der Waals surface area (Å²) in [5.41, 5.74) is 0.930. The summed E-state index contributed by atoms with van der Waals surface area (Å²) in [4.78, 5) is 21.1. The molecule has 0 aliphatic rings. The normalized spacial score (nSPS) is 12.7. The minimum absolute atomic E-state index is 0.0852. The van der Waals surface area contributed by atoms with Crippen molar-refractivity contribution in [3.05, 3.63) is 53.9 Å². The van der Waals surface area contributed by atoms with Crippen molar-refractivity contribution in [3.8, 4) is 5.75 Å². The molecule has 2 heterocycles. The third-order valence-corrected chi connectivity index (χ3v) is 10.9. The van der Waals surface area contributed by atoms with Gasteiger partial charge in [0.25, 0.3) is 0 Å². The fraction of sp³-hybridized carbons (Fsp3) is 0.458. The van der Waals surface area contributed by atoms with Crippen molar-refractivity contribution < 1.29 is 13.4 Å². The number of aromatic nitrogens is 2. The van der Waals surface area contributed by atoms with Crippen molar-refractivity contribution in [1.29, 1.82) is 0 Å². The van der Waals surface area contributed by atoms with E-state index in [2.05, 4.69) is 62.4 Å². The van der Waals surface area contributed by atoms with E-state index in [4.69, 9.17) is 8.60 Å². The first-order valence-corrected chi connectivity index (χ1v) is 14.9. The zero-order chi connectivity index (χ0) is 24.2. The van der Waals surface area contributed by atoms with Gasteiger partial charge in [0.1, 0.15) is 11.5 Å². The summed E-state index contributed by atoms with van der Waals surface area (Å²) in [6.07, 6.45) is 8.17. The number of hydrogen-bond donors (Lipinski definition) is 1. The average molecular weight is 508 g/mol. The number of anilines is 1. The van der Waals surface area contributed by atoms with Crippen LogP contribution in [0.5, 0.6) is 5.75 Å². The molecule has 0 unspecified atom stereocenters. The van der Waals surface area contributed by atoms with Gasteiger partial charge in [0.15, 0.2) is 5.13 Å². The topological polar surface area (TPSA) is 77.2 Å². The molecule has 2 aromatic heterocycles. The lowest BCUT2D eigenvalue weighted by Gasteiger charge is -2.43. The van der Waals surface area contributed by atoms with Gasteiger partial charge in [-0.05, 0) is 51.0 Å². The van der Waals surface area contributed by atoms with Crippen LogP contribution in [0.2, 0.25) is 0 Å². The van der Waals surface area contributed by atoms with Crippen LogP contribution in [0.15, 0.2) is 45.3 Å². The highest BCUT2D eigenvalue weighted by molar-refractivity contribution is 8.30. The smallest absolute Gasteiger partial charge is 0.230 e. The maximum atomic E-state index is 12.5. The molecule has 6 nitrogen and oxygen atoms in total. The quantitative estimate of drug-likeness (QED) is 0.318. The lowest BCUT2D eigenvalue weighted by Crippen LogP contribution is -2.27. The molecule has 1 aromatic carbocycles. The molecular formula is C24H33N3O3S3. The second kappa shape index (κ2) is 10.5. The van der Waals surface area contributed by atoms with E-state index < -0.39 is 10.3 Å². The number of amides is 1. The molecule has 0 bridgehead atoms. The number of thiazole rings is 1. The third kappa shape index (κ3) is 7.25. The van der Waals surface area contributed by atoms with Gasteiger partial charge >= 0.3 is 0 Å². The number of rotatable bonds is 9. The molecule has 0 aliphatic heterocycles. The van der Waals surface area contributed by atoms with E-state index in [-0.39, 0.29) is 17.1 Å². The summed E-state index contributed by atoms with van der Waals surface area (Å²) in [6.45, 7) is 10.7. The minimum atomic E-state index is -1.25. The van der Waals surface area contributed by atoms with E-state index >= 15 is 0 Å². The zero-order valence-electron chi connectivity index (χ0n) is 20.3. The number of nitrogens with zero attached hydrogens (tertiary/aromatic N) is 2. The molecular weight excluding hydrogens is 474 g/mol. The van der Waals surface area contributed by atoms with Crippen molar-refractivity contribution in [1.82, 2.24) is 9.97 Å². The molecule has 0 spiro atoms. The fourth-order valence-electron chi connectivity index (χ4n) is 2.55. The molecule has 3 rings (SSSR count). The van der Waals surface area contributed by atoms with Crippen LogP contribution < -0.4 is 9.50 Å². The molecule has 0 saturated heterocycles. The highest BCUT2D eigenvalue weighted by Crippen LogP contribution is 2.53. The van der Waals surface area contributed by atoms with E-state index in [1.54, 1.807) is 24.2 Å². The van der Waals surface area contributed by atoms with E-state index in [9.17, 15) is 4.79 Å². The van der Waals surface area contributed by atoms with Crippen LogP contribution >= 0.6 is 33.4 Å². The van der Waals surface area contributed by atoms with Gasteiger partial charge in [0.2, 0.25) is 11.8 Å². The second-order valence-corrected chi connectivity index (χ2v) is 15.5. The van der Waals surface area contributed by atoms with Gasteiger partial charge in [0.05, 0.1) is 28.8 Å². The molecule has 9 heteroatoms. The Bertz CT molecular complexity index is 1070. The zero-order valence-corrected chi connectivity index (χ0v) is 22.7. The van der Waals surface area contributed by atoms with Crippen LogP contribution in [-0.4, -0.2) is 33.1 Å². The molecule has 33 heavy (non-hydrogen) atoms. The Balaban J connectivity index is 1.49. The van der Waals surface area contributed by atoms with E-state index in [1.807, 2.05) is 24.3 Å². The number of thioether (sulfide) groups is 1. The molecule has 3 aromatic rings. The van der Waals surface area contributed by atoms with E-state index in [0.717, 1.165) is 21.3 Å². The Hall–Kier alpha value is -1.97. The molecule has 1 amide bonds. The van der Waals surface area contributed by atoms with Crippen molar-refractivity contribution >= 4 is 44.4 Å². The lowest BCUT2D eigenvalue weighted by molar-refractivity contribution is -0.115.